The molecule has 0 atom stereocenters. The van der Waals surface area contributed by atoms with E-state index in [0.717, 1.165) is 50.4 Å². The number of hydrogen-bond acceptors (Lipinski definition) is 7. The van der Waals surface area contributed by atoms with Crippen molar-refractivity contribution in [3.63, 3.8) is 0 Å². The maximum absolute atomic E-state index is 14.1. The van der Waals surface area contributed by atoms with Gasteiger partial charge in [0.2, 0.25) is 0 Å². The molecule has 48 heavy (non-hydrogen) atoms. The van der Waals surface area contributed by atoms with Gasteiger partial charge in [-0.3, -0.25) is 9.69 Å². The number of carbonyl (C=O) groups is 1. The SMILES string of the molecule is Cc1ccc(C(=O)Nc2ccc(CN3CCN(C)CC3)c(C(F)(F)F)c2)cc1C#Cc1nn(C2CCCCCCC2)c2ncnc(N)c12. The van der Waals surface area contributed by atoms with Crippen molar-refractivity contribution in [2.45, 2.75) is 70.6 Å². The van der Waals surface area contributed by atoms with Crippen molar-refractivity contribution in [1.29, 1.82) is 0 Å². The van der Waals surface area contributed by atoms with E-state index in [-0.39, 0.29) is 29.4 Å². The van der Waals surface area contributed by atoms with Crippen molar-refractivity contribution in [2.24, 2.45) is 0 Å². The van der Waals surface area contributed by atoms with Gasteiger partial charge in [0.25, 0.3) is 5.91 Å². The zero-order valence-corrected chi connectivity index (χ0v) is 27.4. The molecule has 0 spiro atoms. The Balaban J connectivity index is 1.24. The molecule has 12 heteroatoms. The lowest BCUT2D eigenvalue weighted by Gasteiger charge is -2.33. The van der Waals surface area contributed by atoms with E-state index in [0.29, 0.717) is 41.2 Å². The quantitative estimate of drug-likeness (QED) is 0.239. The van der Waals surface area contributed by atoms with Gasteiger partial charge in [-0.2, -0.15) is 18.3 Å². The molecule has 2 aromatic carbocycles. The number of amides is 1. The molecule has 0 radical (unpaired) electrons. The molecule has 1 aliphatic heterocycles. The molecule has 1 aliphatic carbocycles. The predicted molar refractivity (Wildman–Crippen MR) is 180 cm³/mol. The first kappa shape index (κ1) is 33.4. The summed E-state index contributed by atoms with van der Waals surface area (Å²) in [7, 11) is 2.00. The molecule has 4 aromatic rings. The topological polar surface area (TPSA) is 105 Å². The number of hydrogen-bond donors (Lipinski definition) is 2. The van der Waals surface area contributed by atoms with Crippen LogP contribution in [0.2, 0.25) is 0 Å². The van der Waals surface area contributed by atoms with Crippen LogP contribution >= 0.6 is 0 Å². The highest BCUT2D eigenvalue weighted by atomic mass is 19.4. The van der Waals surface area contributed by atoms with E-state index in [1.807, 2.05) is 23.6 Å². The molecule has 1 amide bonds. The van der Waals surface area contributed by atoms with Crippen LogP contribution < -0.4 is 11.1 Å². The van der Waals surface area contributed by atoms with Crippen LogP contribution in [-0.2, 0) is 12.7 Å². The van der Waals surface area contributed by atoms with Crippen LogP contribution in [0.5, 0.6) is 0 Å². The number of nitrogens with zero attached hydrogens (tertiary/aromatic N) is 6. The highest BCUT2D eigenvalue weighted by Crippen LogP contribution is 2.35. The maximum atomic E-state index is 14.1. The van der Waals surface area contributed by atoms with E-state index in [1.54, 1.807) is 18.2 Å². The average Bonchev–Trinajstić information content (AvgIpc) is 3.41. The number of carbonyl (C=O) groups excluding carboxylic acids is 1. The largest absolute Gasteiger partial charge is 0.416 e. The second kappa shape index (κ2) is 14.3. The van der Waals surface area contributed by atoms with Gasteiger partial charge >= 0.3 is 6.18 Å². The molecule has 1 saturated heterocycles. The molecular formula is C36H41F3N8O. The minimum atomic E-state index is -4.56. The molecule has 0 unspecified atom stereocenters. The Morgan fingerprint density at radius 2 is 1.71 bits per heavy atom. The van der Waals surface area contributed by atoms with Crippen LogP contribution in [0, 0.1) is 18.8 Å². The number of nitrogen functional groups attached to an aromatic ring is 1. The second-order valence-electron chi connectivity index (χ2n) is 12.9. The summed E-state index contributed by atoms with van der Waals surface area (Å²) in [5, 5.41) is 8.12. The summed E-state index contributed by atoms with van der Waals surface area (Å²) in [6, 6.07) is 9.23. The lowest BCUT2D eigenvalue weighted by atomic mass is 9.97. The Labute approximate surface area is 278 Å². The standard InChI is InChI=1S/C36H41F3N8O/c1-24-10-11-26(35(48)43-28-14-12-27(30(21-28)36(37,38)39)22-46-18-16-45(2)17-19-46)20-25(24)13-15-31-32-33(40)41-23-42-34(32)47(44-31)29-8-6-4-3-5-7-9-29/h10-12,14,20-21,23,29H,3-9,16-19,22H2,1-2H3,(H,43,48)(H2,40,41,42). The van der Waals surface area contributed by atoms with Crippen molar-refractivity contribution in [1.82, 2.24) is 29.5 Å². The number of rotatable bonds is 5. The van der Waals surface area contributed by atoms with Gasteiger partial charge in [-0.15, -0.1) is 0 Å². The summed E-state index contributed by atoms with van der Waals surface area (Å²) in [6.45, 7) is 5.09. The molecule has 2 aliphatic rings. The van der Waals surface area contributed by atoms with Gasteiger partial charge in [0.15, 0.2) is 5.65 Å². The van der Waals surface area contributed by atoms with E-state index in [9.17, 15) is 18.0 Å². The number of nitrogens with one attached hydrogen (secondary N) is 1. The first-order valence-electron chi connectivity index (χ1n) is 16.6. The van der Waals surface area contributed by atoms with E-state index in [2.05, 4.69) is 32.0 Å². The molecule has 252 valence electrons. The molecule has 0 bridgehead atoms. The van der Waals surface area contributed by atoms with Crippen molar-refractivity contribution in [2.75, 3.05) is 44.3 Å². The summed E-state index contributed by atoms with van der Waals surface area (Å²) in [4.78, 5) is 26.2. The van der Waals surface area contributed by atoms with E-state index in [4.69, 9.17) is 10.8 Å². The van der Waals surface area contributed by atoms with Crippen LogP contribution in [-0.4, -0.2) is 68.7 Å². The number of likely N-dealkylation sites (N-methyl/N-ethyl adjacent to an activating group) is 1. The van der Waals surface area contributed by atoms with Crippen molar-refractivity contribution in [3.8, 4) is 11.8 Å². The third-order valence-electron chi connectivity index (χ3n) is 9.42. The Bertz CT molecular complexity index is 1840. The lowest BCUT2D eigenvalue weighted by Crippen LogP contribution is -2.44. The summed E-state index contributed by atoms with van der Waals surface area (Å²) in [5.41, 5.74) is 8.63. The van der Waals surface area contributed by atoms with Crippen molar-refractivity contribution >= 4 is 28.4 Å². The summed E-state index contributed by atoms with van der Waals surface area (Å²) >= 11 is 0. The predicted octanol–water partition coefficient (Wildman–Crippen LogP) is 6.42. The normalized spacial score (nSPS) is 17.0. The minimum Gasteiger partial charge on any atom is -0.383 e. The van der Waals surface area contributed by atoms with Gasteiger partial charge in [-0.1, -0.05) is 50.2 Å². The zero-order chi connectivity index (χ0) is 33.8. The van der Waals surface area contributed by atoms with Crippen LogP contribution in [0.3, 0.4) is 0 Å². The second-order valence-corrected chi connectivity index (χ2v) is 12.9. The number of aromatic nitrogens is 4. The van der Waals surface area contributed by atoms with Crippen LogP contribution in [0.15, 0.2) is 42.7 Å². The summed E-state index contributed by atoms with van der Waals surface area (Å²) in [5.74, 6) is 6.07. The first-order valence-corrected chi connectivity index (χ1v) is 16.6. The fourth-order valence-corrected chi connectivity index (χ4v) is 6.55. The lowest BCUT2D eigenvalue weighted by molar-refractivity contribution is -0.138. The Morgan fingerprint density at radius 3 is 2.44 bits per heavy atom. The van der Waals surface area contributed by atoms with Gasteiger partial charge in [0, 0.05) is 49.5 Å². The highest BCUT2D eigenvalue weighted by Gasteiger charge is 2.34. The molecule has 9 nitrogen and oxygen atoms in total. The maximum Gasteiger partial charge on any atom is 0.416 e. The van der Waals surface area contributed by atoms with E-state index >= 15 is 0 Å². The minimum absolute atomic E-state index is 0.0735. The van der Waals surface area contributed by atoms with Gasteiger partial charge < -0.3 is 16.0 Å². The Morgan fingerprint density at radius 1 is 0.979 bits per heavy atom. The first-order chi connectivity index (χ1) is 23.1. The van der Waals surface area contributed by atoms with Gasteiger partial charge in [-0.25, -0.2) is 14.6 Å². The van der Waals surface area contributed by atoms with Crippen LogP contribution in [0.25, 0.3) is 11.0 Å². The van der Waals surface area contributed by atoms with E-state index in [1.165, 1.54) is 37.7 Å². The number of aryl methyl sites for hydroxylation is 1. The number of benzene rings is 2. The molecule has 2 fully saturated rings. The molecule has 2 aromatic heterocycles. The van der Waals surface area contributed by atoms with Gasteiger partial charge in [0.1, 0.15) is 17.8 Å². The third-order valence-corrected chi connectivity index (χ3v) is 9.42. The van der Waals surface area contributed by atoms with E-state index < -0.39 is 17.6 Å². The summed E-state index contributed by atoms with van der Waals surface area (Å²) in [6.07, 6.45) is 4.81. The fourth-order valence-electron chi connectivity index (χ4n) is 6.55. The van der Waals surface area contributed by atoms with Crippen LogP contribution in [0.1, 0.15) is 89.3 Å². The Hall–Kier alpha value is -4.47. The number of piperazine rings is 1. The number of fused-ring (bicyclic) bond motifs is 1. The number of nitrogens with two attached hydrogens (primary N) is 1. The smallest absolute Gasteiger partial charge is 0.383 e. The Kier molecular flexibility index (Phi) is 9.99. The van der Waals surface area contributed by atoms with Gasteiger partial charge in [-0.05, 0) is 68.1 Å². The number of anilines is 2. The molecular weight excluding hydrogens is 617 g/mol. The highest BCUT2D eigenvalue weighted by molar-refractivity contribution is 6.04. The average molecular weight is 659 g/mol. The number of halogens is 3. The zero-order valence-electron chi connectivity index (χ0n) is 27.4. The van der Waals surface area contributed by atoms with Crippen molar-refractivity contribution in [3.05, 3.63) is 76.2 Å². The third kappa shape index (κ3) is 7.63. The van der Waals surface area contributed by atoms with Crippen LogP contribution in [0.4, 0.5) is 24.7 Å². The monoisotopic (exact) mass is 658 g/mol. The summed E-state index contributed by atoms with van der Waals surface area (Å²) < 4.78 is 44.3. The number of alkyl halides is 3. The van der Waals surface area contributed by atoms with Gasteiger partial charge in [0.05, 0.1) is 17.0 Å². The molecule has 1 saturated carbocycles. The van der Waals surface area contributed by atoms with Crippen molar-refractivity contribution < 1.29 is 18.0 Å². The molecule has 3 N–H and O–H groups in total. The fraction of sp³-hybridized carbons (Fsp3) is 0.444. The molecule has 3 heterocycles. The molecule has 6 rings (SSSR count).